The van der Waals surface area contributed by atoms with Gasteiger partial charge < -0.3 is 9.73 Å². The van der Waals surface area contributed by atoms with Crippen LogP contribution in [0.5, 0.6) is 0 Å². The molecule has 1 unspecified atom stereocenters. The van der Waals surface area contributed by atoms with Gasteiger partial charge in [-0.15, -0.1) is 0 Å². The van der Waals surface area contributed by atoms with Crippen molar-refractivity contribution in [3.63, 3.8) is 0 Å². The summed E-state index contributed by atoms with van der Waals surface area (Å²) in [4.78, 5) is 28.4. The predicted octanol–water partition coefficient (Wildman–Crippen LogP) is 2.93. The number of carbonyl (C=O) groups excluding carboxylic acids is 2. The molecule has 0 aliphatic rings. The molecule has 0 saturated heterocycles. The van der Waals surface area contributed by atoms with E-state index < -0.39 is 23.4 Å². The number of pyridine rings is 1. The Morgan fingerprint density at radius 1 is 1.25 bits per heavy atom. The van der Waals surface area contributed by atoms with Gasteiger partial charge >= 0.3 is 0 Å². The van der Waals surface area contributed by atoms with Crippen LogP contribution in [-0.2, 0) is 4.79 Å². The molecule has 1 atom stereocenters. The molecular formula is C17H10FN3O3. The summed E-state index contributed by atoms with van der Waals surface area (Å²) in [6.07, 6.45) is 1.46. The topological polar surface area (TPSA) is 96.0 Å². The van der Waals surface area contributed by atoms with Crippen molar-refractivity contribution >= 4 is 28.5 Å². The molecule has 0 aliphatic carbocycles. The highest BCUT2D eigenvalue weighted by molar-refractivity contribution is 6.15. The van der Waals surface area contributed by atoms with E-state index in [1.807, 2.05) is 0 Å². The predicted molar refractivity (Wildman–Crippen MR) is 82.5 cm³/mol. The molecule has 0 spiro atoms. The zero-order valence-electron chi connectivity index (χ0n) is 12.2. The van der Waals surface area contributed by atoms with Crippen LogP contribution in [0.3, 0.4) is 0 Å². The van der Waals surface area contributed by atoms with Crippen LogP contribution >= 0.6 is 0 Å². The number of amides is 1. The van der Waals surface area contributed by atoms with E-state index >= 15 is 0 Å². The van der Waals surface area contributed by atoms with E-state index in [-0.39, 0.29) is 11.6 Å². The molecule has 118 valence electrons. The molecule has 3 aromatic rings. The third kappa shape index (κ3) is 2.98. The molecular weight excluding hydrogens is 313 g/mol. The Balaban J connectivity index is 1.85. The molecule has 1 amide bonds. The summed E-state index contributed by atoms with van der Waals surface area (Å²) in [5.41, 5.74) is 0.293. The van der Waals surface area contributed by atoms with Gasteiger partial charge in [0.05, 0.1) is 6.07 Å². The van der Waals surface area contributed by atoms with Crippen molar-refractivity contribution in [1.29, 1.82) is 5.26 Å². The van der Waals surface area contributed by atoms with Gasteiger partial charge in [-0.1, -0.05) is 6.07 Å². The number of fused-ring (bicyclic) bond motifs is 1. The lowest BCUT2D eigenvalue weighted by molar-refractivity contribution is -0.117. The number of rotatable bonds is 4. The number of hydrogen-bond donors (Lipinski definition) is 1. The number of aromatic nitrogens is 1. The van der Waals surface area contributed by atoms with Crippen molar-refractivity contribution in [2.24, 2.45) is 5.92 Å². The van der Waals surface area contributed by atoms with Crippen molar-refractivity contribution < 1.29 is 18.4 Å². The molecule has 0 radical (unpaired) electrons. The number of carbonyl (C=O) groups is 2. The van der Waals surface area contributed by atoms with Crippen LogP contribution in [0.25, 0.3) is 11.0 Å². The van der Waals surface area contributed by atoms with Crippen molar-refractivity contribution in [1.82, 2.24) is 4.98 Å². The van der Waals surface area contributed by atoms with Crippen LogP contribution in [0.15, 0.2) is 53.1 Å². The van der Waals surface area contributed by atoms with Gasteiger partial charge in [-0.2, -0.15) is 5.26 Å². The molecule has 2 heterocycles. The summed E-state index contributed by atoms with van der Waals surface area (Å²) in [5.74, 6) is -3.65. The van der Waals surface area contributed by atoms with Gasteiger partial charge in [-0.3, -0.25) is 9.59 Å². The smallest absolute Gasteiger partial charge is 0.251 e. The van der Waals surface area contributed by atoms with E-state index in [1.54, 1.807) is 18.2 Å². The first-order valence-electron chi connectivity index (χ1n) is 6.93. The maximum atomic E-state index is 13.2. The number of nitrogens with one attached hydrogen (secondary N) is 1. The number of anilines is 1. The Kier molecular flexibility index (Phi) is 4.03. The number of nitriles is 1. The first kappa shape index (κ1) is 15.4. The quantitative estimate of drug-likeness (QED) is 0.588. The molecule has 1 aromatic carbocycles. The van der Waals surface area contributed by atoms with Crippen LogP contribution < -0.4 is 5.32 Å². The standard InChI is InChI=1S/C17H10FN3O3/c18-11-4-5-13-10(7-11)8-14(24-13)16(22)12(9-19)17(23)21-15-3-1-2-6-20-15/h1-8,12H,(H,20,21,23). The minimum atomic E-state index is -1.60. The van der Waals surface area contributed by atoms with E-state index in [2.05, 4.69) is 10.3 Å². The number of furan rings is 1. The van der Waals surface area contributed by atoms with Crippen molar-refractivity contribution in [3.05, 3.63) is 60.2 Å². The second kappa shape index (κ2) is 6.30. The average molecular weight is 323 g/mol. The van der Waals surface area contributed by atoms with E-state index in [0.717, 1.165) is 0 Å². The maximum absolute atomic E-state index is 13.2. The molecule has 2 aromatic heterocycles. The summed E-state index contributed by atoms with van der Waals surface area (Å²) in [6, 6.07) is 11.6. The summed E-state index contributed by atoms with van der Waals surface area (Å²) in [5, 5.41) is 11.9. The number of benzene rings is 1. The fraction of sp³-hybridized carbons (Fsp3) is 0.0588. The molecule has 0 aliphatic heterocycles. The number of hydrogen-bond acceptors (Lipinski definition) is 5. The van der Waals surface area contributed by atoms with E-state index in [9.17, 15) is 19.2 Å². The van der Waals surface area contributed by atoms with Gasteiger partial charge in [0.2, 0.25) is 5.78 Å². The first-order valence-corrected chi connectivity index (χ1v) is 6.93. The van der Waals surface area contributed by atoms with Crippen molar-refractivity contribution in [2.45, 2.75) is 0 Å². The maximum Gasteiger partial charge on any atom is 0.251 e. The van der Waals surface area contributed by atoms with Crippen LogP contribution in [0.1, 0.15) is 10.6 Å². The highest BCUT2D eigenvalue weighted by Crippen LogP contribution is 2.22. The third-order valence-corrected chi connectivity index (χ3v) is 3.29. The summed E-state index contributed by atoms with van der Waals surface area (Å²) < 4.78 is 18.5. The first-order chi connectivity index (χ1) is 11.6. The van der Waals surface area contributed by atoms with Crippen molar-refractivity contribution in [2.75, 3.05) is 5.32 Å². The fourth-order valence-electron chi connectivity index (χ4n) is 2.15. The monoisotopic (exact) mass is 323 g/mol. The Labute approximate surface area is 135 Å². The van der Waals surface area contributed by atoms with E-state index in [0.29, 0.717) is 11.0 Å². The van der Waals surface area contributed by atoms with Crippen LogP contribution in [0, 0.1) is 23.1 Å². The highest BCUT2D eigenvalue weighted by atomic mass is 19.1. The Hall–Kier alpha value is -3.53. The summed E-state index contributed by atoms with van der Waals surface area (Å²) in [7, 11) is 0. The normalized spacial score (nSPS) is 11.7. The van der Waals surface area contributed by atoms with Crippen LogP contribution in [-0.4, -0.2) is 16.7 Å². The number of Topliss-reactive ketones (excluding diaryl/α,β-unsaturated/α-hetero) is 1. The Bertz CT molecular complexity index is 960. The SMILES string of the molecule is N#CC(C(=O)Nc1ccccn1)C(=O)c1cc2cc(F)ccc2o1. The molecule has 3 rings (SSSR count). The second-order valence-electron chi connectivity index (χ2n) is 4.92. The van der Waals surface area contributed by atoms with Gasteiger partial charge in [0, 0.05) is 11.6 Å². The average Bonchev–Trinajstić information content (AvgIpc) is 2.99. The number of nitrogens with zero attached hydrogens (tertiary/aromatic N) is 2. The molecule has 24 heavy (non-hydrogen) atoms. The molecule has 7 heteroatoms. The lowest BCUT2D eigenvalue weighted by Crippen LogP contribution is -2.28. The molecule has 1 N–H and O–H groups in total. The molecule has 0 bridgehead atoms. The van der Waals surface area contributed by atoms with Gasteiger partial charge in [-0.05, 0) is 36.4 Å². The molecule has 6 nitrogen and oxygen atoms in total. The van der Waals surface area contributed by atoms with E-state index in [4.69, 9.17) is 4.42 Å². The Morgan fingerprint density at radius 3 is 2.79 bits per heavy atom. The van der Waals surface area contributed by atoms with Crippen LogP contribution in [0.2, 0.25) is 0 Å². The lowest BCUT2D eigenvalue weighted by Gasteiger charge is -2.07. The molecule has 0 fully saturated rings. The summed E-state index contributed by atoms with van der Waals surface area (Å²) >= 11 is 0. The fourth-order valence-corrected chi connectivity index (χ4v) is 2.15. The number of ketones is 1. The molecule has 0 saturated carbocycles. The third-order valence-electron chi connectivity index (χ3n) is 3.29. The zero-order chi connectivity index (χ0) is 17.1. The van der Waals surface area contributed by atoms with Gasteiger partial charge in [0.15, 0.2) is 11.7 Å². The van der Waals surface area contributed by atoms with E-state index in [1.165, 1.54) is 36.5 Å². The van der Waals surface area contributed by atoms with Gasteiger partial charge in [-0.25, -0.2) is 9.37 Å². The van der Waals surface area contributed by atoms with Crippen molar-refractivity contribution in [3.8, 4) is 6.07 Å². The Morgan fingerprint density at radius 2 is 2.08 bits per heavy atom. The largest absolute Gasteiger partial charge is 0.453 e. The minimum Gasteiger partial charge on any atom is -0.453 e. The minimum absolute atomic E-state index is 0.182. The summed E-state index contributed by atoms with van der Waals surface area (Å²) in [6.45, 7) is 0. The number of halogens is 1. The van der Waals surface area contributed by atoms with Crippen LogP contribution in [0.4, 0.5) is 10.2 Å². The van der Waals surface area contributed by atoms with Gasteiger partial charge in [0.1, 0.15) is 17.2 Å². The highest BCUT2D eigenvalue weighted by Gasteiger charge is 2.30. The zero-order valence-corrected chi connectivity index (χ0v) is 12.2. The lowest BCUT2D eigenvalue weighted by atomic mass is 10.0. The second-order valence-corrected chi connectivity index (χ2v) is 4.92. The van der Waals surface area contributed by atoms with Gasteiger partial charge in [0.25, 0.3) is 5.91 Å².